The number of allylic oxidation sites excluding steroid dienone is 1. The average molecular weight is 314 g/mol. The third kappa shape index (κ3) is 2.54. The van der Waals surface area contributed by atoms with Crippen molar-refractivity contribution in [1.82, 2.24) is 0 Å². The summed E-state index contributed by atoms with van der Waals surface area (Å²) in [5.74, 6) is -1.66. The molecule has 0 heterocycles. The highest BCUT2D eigenvalue weighted by atomic mass is 19.1. The first kappa shape index (κ1) is 15.4. The fourth-order valence-electron chi connectivity index (χ4n) is 3.46. The lowest BCUT2D eigenvalue weighted by molar-refractivity contribution is -0.131. The van der Waals surface area contributed by atoms with Crippen molar-refractivity contribution in [1.29, 1.82) is 0 Å². The van der Waals surface area contributed by atoms with Crippen LogP contribution in [0.5, 0.6) is 0 Å². The van der Waals surface area contributed by atoms with Gasteiger partial charge >= 0.3 is 5.97 Å². The predicted octanol–water partition coefficient (Wildman–Crippen LogP) is 4.30. The first-order chi connectivity index (χ1) is 10.9. The smallest absolute Gasteiger partial charge is 0.327 e. The number of carbonyl (C=O) groups is 1. The lowest BCUT2D eigenvalue weighted by atomic mass is 9.80. The quantitative estimate of drug-likeness (QED) is 0.854. The summed E-state index contributed by atoms with van der Waals surface area (Å²) in [5, 5.41) is 8.90. The topological polar surface area (TPSA) is 37.3 Å². The van der Waals surface area contributed by atoms with Gasteiger partial charge < -0.3 is 5.11 Å². The van der Waals surface area contributed by atoms with E-state index in [0.717, 1.165) is 17.2 Å². The fourth-order valence-corrected chi connectivity index (χ4v) is 3.46. The largest absolute Gasteiger partial charge is 0.478 e. The minimum Gasteiger partial charge on any atom is -0.478 e. The predicted molar refractivity (Wildman–Crippen MR) is 83.1 cm³/mol. The van der Waals surface area contributed by atoms with E-state index >= 15 is 0 Å². The number of carboxylic acids is 1. The van der Waals surface area contributed by atoms with Crippen LogP contribution in [0.25, 0.3) is 0 Å². The number of benzene rings is 2. The summed E-state index contributed by atoms with van der Waals surface area (Å²) >= 11 is 0. The molecule has 2 aromatic carbocycles. The monoisotopic (exact) mass is 314 g/mol. The van der Waals surface area contributed by atoms with Crippen LogP contribution in [-0.2, 0) is 10.2 Å². The first-order valence-corrected chi connectivity index (χ1v) is 7.32. The number of halogens is 2. The van der Waals surface area contributed by atoms with Gasteiger partial charge in [-0.2, -0.15) is 0 Å². The minimum atomic E-state index is -1.01. The molecule has 2 aromatic rings. The zero-order valence-electron chi connectivity index (χ0n) is 12.6. The second kappa shape index (κ2) is 5.30. The summed E-state index contributed by atoms with van der Waals surface area (Å²) < 4.78 is 26.5. The second-order valence-corrected chi connectivity index (χ2v) is 6.18. The van der Waals surface area contributed by atoms with E-state index in [4.69, 9.17) is 5.11 Å². The Morgan fingerprint density at radius 3 is 1.83 bits per heavy atom. The maximum Gasteiger partial charge on any atom is 0.327 e. The number of hydrogen-bond donors (Lipinski definition) is 1. The summed E-state index contributed by atoms with van der Waals surface area (Å²) in [5.41, 5.74) is 0.896. The van der Waals surface area contributed by atoms with Gasteiger partial charge in [0.1, 0.15) is 11.6 Å². The molecule has 1 unspecified atom stereocenters. The molecule has 118 valence electrons. The van der Waals surface area contributed by atoms with E-state index in [2.05, 4.69) is 0 Å². The first-order valence-electron chi connectivity index (χ1n) is 7.32. The Kier molecular flexibility index (Phi) is 3.55. The van der Waals surface area contributed by atoms with E-state index in [-0.39, 0.29) is 11.6 Å². The highest BCUT2D eigenvalue weighted by molar-refractivity contribution is 5.80. The Labute approximate surface area is 133 Å². The SMILES string of the molecule is CC1(/C=C/C(=O)O)CC1(c1ccc(F)cc1)c1ccc(F)cc1. The van der Waals surface area contributed by atoms with Crippen molar-refractivity contribution in [3.05, 3.63) is 83.4 Å². The Bertz CT molecular complexity index is 717. The van der Waals surface area contributed by atoms with E-state index < -0.39 is 16.8 Å². The number of rotatable bonds is 4. The molecule has 1 aliphatic carbocycles. The lowest BCUT2D eigenvalue weighted by Crippen LogP contribution is -2.17. The molecule has 0 spiro atoms. The maximum absolute atomic E-state index is 13.3. The van der Waals surface area contributed by atoms with Gasteiger partial charge in [-0.1, -0.05) is 37.3 Å². The molecule has 0 saturated heterocycles. The highest BCUT2D eigenvalue weighted by Crippen LogP contribution is 2.68. The molecule has 0 aliphatic heterocycles. The molecule has 0 amide bonds. The Hall–Kier alpha value is -2.49. The van der Waals surface area contributed by atoms with Gasteiger partial charge in [-0.15, -0.1) is 0 Å². The summed E-state index contributed by atoms with van der Waals surface area (Å²) in [7, 11) is 0. The maximum atomic E-state index is 13.3. The van der Waals surface area contributed by atoms with E-state index in [9.17, 15) is 13.6 Å². The van der Waals surface area contributed by atoms with Gasteiger partial charge in [-0.3, -0.25) is 0 Å². The molecule has 23 heavy (non-hydrogen) atoms. The standard InChI is InChI=1S/C19H16F2O2/c1-18(11-10-17(22)23)12-19(18,13-2-6-15(20)7-3-13)14-4-8-16(21)9-5-14/h2-11H,12H2,1H3,(H,22,23)/b11-10+. The Morgan fingerprint density at radius 1 is 1.00 bits per heavy atom. The third-order valence-corrected chi connectivity index (χ3v) is 4.75. The van der Waals surface area contributed by atoms with Gasteiger partial charge in [0.25, 0.3) is 0 Å². The van der Waals surface area contributed by atoms with Crippen LogP contribution in [0.2, 0.25) is 0 Å². The van der Waals surface area contributed by atoms with Crippen LogP contribution in [0.15, 0.2) is 60.7 Å². The molecular formula is C19H16F2O2. The van der Waals surface area contributed by atoms with Crippen molar-refractivity contribution in [3.63, 3.8) is 0 Å². The van der Waals surface area contributed by atoms with Gasteiger partial charge in [0.05, 0.1) is 0 Å². The molecule has 4 heteroatoms. The Balaban J connectivity index is 2.10. The molecule has 0 aromatic heterocycles. The van der Waals surface area contributed by atoms with Gasteiger partial charge in [-0.25, -0.2) is 13.6 Å². The fraction of sp³-hybridized carbons (Fsp3) is 0.211. The molecule has 1 atom stereocenters. The van der Waals surface area contributed by atoms with Crippen molar-refractivity contribution >= 4 is 5.97 Å². The van der Waals surface area contributed by atoms with Gasteiger partial charge in [-0.05, 0) is 41.8 Å². The van der Waals surface area contributed by atoms with Crippen LogP contribution in [0, 0.1) is 17.0 Å². The molecule has 0 bridgehead atoms. The lowest BCUT2D eigenvalue weighted by Gasteiger charge is -2.22. The van der Waals surface area contributed by atoms with Crippen LogP contribution in [-0.4, -0.2) is 11.1 Å². The number of aliphatic carboxylic acids is 1. The summed E-state index contributed by atoms with van der Waals surface area (Å²) in [6.45, 7) is 1.96. The number of carboxylic acid groups (broad SMARTS) is 1. The zero-order chi connectivity index (χ0) is 16.7. The summed E-state index contributed by atoms with van der Waals surface area (Å²) in [4.78, 5) is 10.9. The normalized spacial score (nSPS) is 22.2. The van der Waals surface area contributed by atoms with E-state index in [1.165, 1.54) is 24.3 Å². The van der Waals surface area contributed by atoms with Gasteiger partial charge in [0.15, 0.2) is 0 Å². The third-order valence-electron chi connectivity index (χ3n) is 4.75. The average Bonchev–Trinajstić information content (AvgIpc) is 3.14. The van der Waals surface area contributed by atoms with Crippen LogP contribution < -0.4 is 0 Å². The Morgan fingerprint density at radius 2 is 1.43 bits per heavy atom. The molecule has 1 saturated carbocycles. The molecule has 1 fully saturated rings. The zero-order valence-corrected chi connectivity index (χ0v) is 12.6. The molecular weight excluding hydrogens is 298 g/mol. The highest BCUT2D eigenvalue weighted by Gasteiger charge is 2.64. The summed E-state index contributed by atoms with van der Waals surface area (Å²) in [6, 6.07) is 12.4. The van der Waals surface area contributed by atoms with Gasteiger partial charge in [0.2, 0.25) is 0 Å². The van der Waals surface area contributed by atoms with Crippen LogP contribution >= 0.6 is 0 Å². The van der Waals surface area contributed by atoms with Crippen molar-refractivity contribution in [2.24, 2.45) is 5.41 Å². The van der Waals surface area contributed by atoms with E-state index in [1.807, 2.05) is 6.92 Å². The molecule has 0 radical (unpaired) electrons. The molecule has 2 nitrogen and oxygen atoms in total. The molecule has 3 rings (SSSR count). The number of hydrogen-bond acceptors (Lipinski definition) is 1. The van der Waals surface area contributed by atoms with Crippen molar-refractivity contribution in [3.8, 4) is 0 Å². The van der Waals surface area contributed by atoms with Crippen LogP contribution in [0.1, 0.15) is 24.5 Å². The minimum absolute atomic E-state index is 0.327. The van der Waals surface area contributed by atoms with Crippen molar-refractivity contribution in [2.75, 3.05) is 0 Å². The summed E-state index contributed by atoms with van der Waals surface area (Å²) in [6.07, 6.45) is 3.48. The van der Waals surface area contributed by atoms with Gasteiger partial charge in [0, 0.05) is 16.9 Å². The molecule has 1 aliphatic rings. The van der Waals surface area contributed by atoms with Crippen molar-refractivity contribution in [2.45, 2.75) is 18.8 Å². The second-order valence-electron chi connectivity index (χ2n) is 6.18. The molecule has 1 N–H and O–H groups in total. The van der Waals surface area contributed by atoms with Crippen LogP contribution in [0.3, 0.4) is 0 Å². The van der Waals surface area contributed by atoms with E-state index in [1.54, 1.807) is 30.3 Å². The van der Waals surface area contributed by atoms with Crippen LogP contribution in [0.4, 0.5) is 8.78 Å². The van der Waals surface area contributed by atoms with E-state index in [0.29, 0.717) is 6.42 Å². The van der Waals surface area contributed by atoms with Crippen molar-refractivity contribution < 1.29 is 18.7 Å².